The van der Waals surface area contributed by atoms with Crippen molar-refractivity contribution in [3.8, 4) is 11.1 Å². The molecule has 6 nitrogen and oxygen atoms in total. The lowest BCUT2D eigenvalue weighted by atomic mass is 9.73. The van der Waals surface area contributed by atoms with Gasteiger partial charge in [0.15, 0.2) is 0 Å². The Morgan fingerprint density at radius 1 is 1.16 bits per heavy atom. The van der Waals surface area contributed by atoms with E-state index in [0.717, 1.165) is 48.6 Å². The summed E-state index contributed by atoms with van der Waals surface area (Å²) in [6.45, 7) is 3.71. The molecule has 1 spiro atoms. The van der Waals surface area contributed by atoms with Gasteiger partial charge in [0.05, 0.1) is 12.7 Å². The molecule has 2 saturated heterocycles. The van der Waals surface area contributed by atoms with Crippen molar-refractivity contribution in [1.29, 1.82) is 0 Å². The molecule has 0 atom stereocenters. The van der Waals surface area contributed by atoms with Crippen LogP contribution in [0.5, 0.6) is 0 Å². The van der Waals surface area contributed by atoms with Gasteiger partial charge in [-0.15, -0.1) is 0 Å². The number of amides is 1. The second-order valence-electron chi connectivity index (χ2n) is 8.92. The van der Waals surface area contributed by atoms with Gasteiger partial charge in [-0.05, 0) is 23.3 Å². The Morgan fingerprint density at radius 2 is 1.97 bits per heavy atom. The predicted octanol–water partition coefficient (Wildman–Crippen LogP) is 2.30. The van der Waals surface area contributed by atoms with Crippen LogP contribution in [0.2, 0.25) is 0 Å². The molecule has 2 fully saturated rings. The molecule has 0 radical (unpaired) electrons. The van der Waals surface area contributed by atoms with E-state index in [4.69, 9.17) is 0 Å². The number of rotatable bonds is 4. The van der Waals surface area contributed by atoms with Gasteiger partial charge in [0.25, 0.3) is 0 Å². The minimum absolute atomic E-state index is 0.0907. The molecular weight excluding hydrogens is 393 g/mol. The van der Waals surface area contributed by atoms with Gasteiger partial charge in [0.1, 0.15) is 11.2 Å². The Labute approximate surface area is 180 Å². The van der Waals surface area contributed by atoms with Crippen molar-refractivity contribution in [2.45, 2.75) is 18.0 Å². The number of nitrogens with one attached hydrogen (secondary N) is 1. The zero-order valence-electron chi connectivity index (χ0n) is 17.4. The number of likely N-dealkylation sites (tertiary alicyclic amines) is 1. The van der Waals surface area contributed by atoms with Gasteiger partial charge in [-0.2, -0.15) is 5.10 Å². The number of para-hydroxylation sites is 1. The lowest BCUT2D eigenvalue weighted by Crippen LogP contribution is -2.71. The molecule has 4 heterocycles. The maximum absolute atomic E-state index is 15.0. The van der Waals surface area contributed by atoms with Crippen molar-refractivity contribution in [3.63, 3.8) is 0 Å². The lowest BCUT2D eigenvalue weighted by molar-refractivity contribution is -0.131. The molecule has 31 heavy (non-hydrogen) atoms. The fourth-order valence-corrected chi connectivity index (χ4v) is 5.09. The molecule has 2 aromatic carbocycles. The fourth-order valence-electron chi connectivity index (χ4n) is 5.09. The average molecular weight is 417 g/mol. The number of halogens is 1. The molecular formula is C24H24FN5O. The quantitative estimate of drug-likeness (QED) is 0.708. The topological polar surface area (TPSA) is 53.4 Å². The van der Waals surface area contributed by atoms with Crippen molar-refractivity contribution in [2.75, 3.05) is 31.1 Å². The Morgan fingerprint density at radius 3 is 2.65 bits per heavy atom. The Hall–Kier alpha value is -3.03. The summed E-state index contributed by atoms with van der Waals surface area (Å²) in [5.74, 6) is -0.212. The highest BCUT2D eigenvalue weighted by Crippen LogP contribution is 2.48. The molecule has 0 unspecified atom stereocenters. The van der Waals surface area contributed by atoms with Gasteiger partial charge in [-0.1, -0.05) is 30.3 Å². The van der Waals surface area contributed by atoms with Crippen LogP contribution < -0.4 is 10.2 Å². The lowest BCUT2D eigenvalue weighted by Gasteiger charge is -2.53. The van der Waals surface area contributed by atoms with E-state index >= 15 is 4.39 Å². The normalized spacial score (nSPS) is 20.1. The fraction of sp³-hybridized carbons (Fsp3) is 0.333. The van der Waals surface area contributed by atoms with Crippen LogP contribution in [-0.4, -0.2) is 52.8 Å². The molecule has 1 aromatic heterocycles. The van der Waals surface area contributed by atoms with Gasteiger partial charge >= 0.3 is 0 Å². The molecule has 3 aliphatic heterocycles. The van der Waals surface area contributed by atoms with E-state index in [-0.39, 0.29) is 18.3 Å². The van der Waals surface area contributed by atoms with Gasteiger partial charge in [0, 0.05) is 62.3 Å². The third-order valence-corrected chi connectivity index (χ3v) is 7.01. The van der Waals surface area contributed by atoms with Gasteiger partial charge in [-0.25, -0.2) is 4.39 Å². The highest BCUT2D eigenvalue weighted by Gasteiger charge is 2.59. The zero-order chi connectivity index (χ0) is 21.2. The number of aryl methyl sites for hydroxylation is 1. The van der Waals surface area contributed by atoms with E-state index in [1.807, 2.05) is 37.5 Å². The summed E-state index contributed by atoms with van der Waals surface area (Å²) in [6, 6.07) is 13.7. The minimum Gasteiger partial charge on any atom is -0.314 e. The number of carbonyl (C=O) groups excluding carboxylic acids is 1. The molecule has 6 rings (SSSR count). The summed E-state index contributed by atoms with van der Waals surface area (Å²) >= 11 is 0. The third kappa shape index (κ3) is 2.77. The number of anilines is 1. The second kappa shape index (κ2) is 6.73. The van der Waals surface area contributed by atoms with Crippen LogP contribution in [0.4, 0.5) is 10.1 Å². The van der Waals surface area contributed by atoms with E-state index in [2.05, 4.69) is 21.4 Å². The van der Waals surface area contributed by atoms with Crippen molar-refractivity contribution < 1.29 is 9.18 Å². The first-order valence-corrected chi connectivity index (χ1v) is 10.7. The number of fused-ring (bicyclic) bond motifs is 2. The summed E-state index contributed by atoms with van der Waals surface area (Å²) in [6.07, 6.45) is 3.58. The smallest absolute Gasteiger partial charge is 0.240 e. The van der Waals surface area contributed by atoms with Crippen LogP contribution in [-0.2, 0) is 23.8 Å². The summed E-state index contributed by atoms with van der Waals surface area (Å²) in [5, 5.41) is 7.46. The number of benzene rings is 2. The zero-order valence-corrected chi connectivity index (χ0v) is 17.4. The van der Waals surface area contributed by atoms with Gasteiger partial charge in [-0.3, -0.25) is 14.4 Å². The Balaban J connectivity index is 1.28. The predicted molar refractivity (Wildman–Crippen MR) is 116 cm³/mol. The maximum Gasteiger partial charge on any atom is 0.240 e. The van der Waals surface area contributed by atoms with Gasteiger partial charge < -0.3 is 10.2 Å². The Kier molecular flexibility index (Phi) is 4.07. The van der Waals surface area contributed by atoms with Crippen molar-refractivity contribution in [3.05, 3.63) is 71.8 Å². The first kappa shape index (κ1) is 18.7. The molecule has 0 bridgehead atoms. The third-order valence-electron chi connectivity index (χ3n) is 7.01. The molecule has 1 N–H and O–H groups in total. The molecule has 0 aliphatic carbocycles. The molecule has 3 aromatic rings. The van der Waals surface area contributed by atoms with Crippen LogP contribution in [0.25, 0.3) is 11.1 Å². The number of hydrogen-bond donors (Lipinski definition) is 1. The average Bonchev–Trinajstić information content (AvgIpc) is 3.23. The summed E-state index contributed by atoms with van der Waals surface area (Å²) in [4.78, 5) is 17.8. The van der Waals surface area contributed by atoms with Crippen molar-refractivity contribution in [1.82, 2.24) is 20.0 Å². The highest BCUT2D eigenvalue weighted by molar-refractivity contribution is 6.09. The first-order chi connectivity index (χ1) is 15.0. The Bertz CT molecular complexity index is 1180. The summed E-state index contributed by atoms with van der Waals surface area (Å²) in [5.41, 5.74) is 3.67. The largest absolute Gasteiger partial charge is 0.314 e. The first-order valence-electron chi connectivity index (χ1n) is 10.7. The summed E-state index contributed by atoms with van der Waals surface area (Å²) < 4.78 is 16.7. The van der Waals surface area contributed by atoms with Crippen LogP contribution in [0.1, 0.15) is 11.1 Å². The molecule has 3 aliphatic rings. The SMILES string of the molecule is Cn1cc(-c2ccc(CN3C(=O)C4(CN(C5CNC5)C4)c4ccccc43)c(F)c2)cn1. The minimum atomic E-state index is -0.488. The standard InChI is InChI=1S/C24H24FN5O/c1-28-12-18(9-27-28)16-6-7-17(21(25)8-16)13-30-22-5-3-2-4-20(22)24(23(30)31)14-29(15-24)19-10-26-11-19/h2-9,12,19,26H,10-11,13-15H2,1H3. The second-order valence-corrected chi connectivity index (χ2v) is 8.92. The number of aromatic nitrogens is 2. The van der Waals surface area contributed by atoms with Gasteiger partial charge in [0.2, 0.25) is 5.91 Å². The molecule has 7 heteroatoms. The van der Waals surface area contributed by atoms with E-state index in [1.54, 1.807) is 21.8 Å². The van der Waals surface area contributed by atoms with Crippen LogP contribution in [0, 0.1) is 5.82 Å². The van der Waals surface area contributed by atoms with E-state index in [9.17, 15) is 4.79 Å². The van der Waals surface area contributed by atoms with Crippen LogP contribution in [0.3, 0.4) is 0 Å². The summed E-state index contributed by atoms with van der Waals surface area (Å²) in [7, 11) is 1.84. The van der Waals surface area contributed by atoms with Crippen LogP contribution in [0.15, 0.2) is 54.9 Å². The van der Waals surface area contributed by atoms with E-state index in [1.165, 1.54) is 6.07 Å². The van der Waals surface area contributed by atoms with Crippen molar-refractivity contribution in [2.24, 2.45) is 7.05 Å². The number of hydrogen-bond acceptors (Lipinski definition) is 4. The molecule has 0 saturated carbocycles. The van der Waals surface area contributed by atoms with E-state index in [0.29, 0.717) is 11.6 Å². The maximum atomic E-state index is 15.0. The number of nitrogens with zero attached hydrogens (tertiary/aromatic N) is 4. The monoisotopic (exact) mass is 417 g/mol. The molecule has 158 valence electrons. The van der Waals surface area contributed by atoms with Crippen molar-refractivity contribution >= 4 is 11.6 Å². The van der Waals surface area contributed by atoms with Crippen LogP contribution >= 0.6 is 0 Å². The molecule has 1 amide bonds. The highest BCUT2D eigenvalue weighted by atomic mass is 19.1. The van der Waals surface area contributed by atoms with E-state index < -0.39 is 5.41 Å². The number of carbonyl (C=O) groups is 1.